The summed E-state index contributed by atoms with van der Waals surface area (Å²) in [5, 5.41) is 5.18. The van der Waals surface area contributed by atoms with Gasteiger partial charge in [0.1, 0.15) is 17.9 Å². The van der Waals surface area contributed by atoms with Crippen molar-refractivity contribution in [1.82, 2.24) is 24.0 Å². The third kappa shape index (κ3) is 4.09. The van der Waals surface area contributed by atoms with E-state index in [-0.39, 0.29) is 16.4 Å². The van der Waals surface area contributed by atoms with Crippen molar-refractivity contribution < 1.29 is 13.5 Å². The van der Waals surface area contributed by atoms with Crippen molar-refractivity contribution in [3.63, 3.8) is 0 Å². The quantitative estimate of drug-likeness (QED) is 0.290. The van der Waals surface area contributed by atoms with E-state index in [4.69, 9.17) is 16.3 Å². The Morgan fingerprint density at radius 2 is 1.97 bits per heavy atom. The zero-order valence-electron chi connectivity index (χ0n) is 15.9. The molecule has 5 aromatic rings. The number of rotatable bonds is 6. The Labute approximate surface area is 193 Å². The summed E-state index contributed by atoms with van der Waals surface area (Å²) in [4.78, 5) is 8.31. The number of hydrogen-bond donors (Lipinski definition) is 1. The number of nitrogens with zero attached hydrogens (tertiary/aromatic N) is 5. The van der Waals surface area contributed by atoms with Gasteiger partial charge in [-0.1, -0.05) is 11.6 Å². The Hall–Kier alpha value is -3.28. The maximum atomic E-state index is 14.8. The number of hydrogen-bond acceptors (Lipinski definition) is 8. The number of benzene rings is 2. The third-order valence-corrected chi connectivity index (χ3v) is 6.10. The van der Waals surface area contributed by atoms with Gasteiger partial charge in [-0.25, -0.2) is 23.3 Å². The highest BCUT2D eigenvalue weighted by Crippen LogP contribution is 2.39. The highest BCUT2D eigenvalue weighted by molar-refractivity contribution is 8.00. The second-order valence-corrected chi connectivity index (χ2v) is 8.42. The summed E-state index contributed by atoms with van der Waals surface area (Å²) >= 11 is 8.18. The Balaban J connectivity index is 1.47. The van der Waals surface area contributed by atoms with Gasteiger partial charge in [0.05, 0.1) is 16.7 Å². The topological polar surface area (TPSA) is 77.2 Å². The fraction of sp³-hybridized carbons (Fsp3) is 0. The van der Waals surface area contributed by atoms with Gasteiger partial charge in [-0.15, -0.1) is 0 Å². The lowest BCUT2D eigenvalue weighted by molar-refractivity contribution is 0.434. The van der Waals surface area contributed by atoms with E-state index in [1.165, 1.54) is 6.33 Å². The van der Waals surface area contributed by atoms with Crippen LogP contribution in [0.1, 0.15) is 0 Å². The van der Waals surface area contributed by atoms with Gasteiger partial charge in [-0.05, 0) is 42.3 Å². The van der Waals surface area contributed by atoms with Crippen LogP contribution in [0, 0.1) is 11.6 Å². The number of anilines is 1. The van der Waals surface area contributed by atoms with Gasteiger partial charge in [0.25, 0.3) is 0 Å². The zero-order valence-corrected chi connectivity index (χ0v) is 18.3. The van der Waals surface area contributed by atoms with E-state index in [1.807, 2.05) is 0 Å². The smallest absolute Gasteiger partial charge is 0.212 e. The molecular weight excluding hydrogens is 478 g/mol. The van der Waals surface area contributed by atoms with Gasteiger partial charge in [0.15, 0.2) is 17.2 Å². The van der Waals surface area contributed by atoms with E-state index >= 15 is 0 Å². The van der Waals surface area contributed by atoms with Crippen LogP contribution in [-0.2, 0) is 0 Å². The molecule has 1 N–H and O–H groups in total. The highest BCUT2D eigenvalue weighted by atomic mass is 35.5. The predicted octanol–water partition coefficient (Wildman–Crippen LogP) is 6.09. The van der Waals surface area contributed by atoms with Gasteiger partial charge >= 0.3 is 0 Å². The molecule has 0 unspecified atom stereocenters. The molecule has 0 amide bonds. The highest BCUT2D eigenvalue weighted by Gasteiger charge is 2.18. The number of fused-ring (bicyclic) bond motifs is 1. The number of ether oxygens (including phenoxy) is 1. The molecule has 0 spiro atoms. The van der Waals surface area contributed by atoms with Crippen LogP contribution in [0.4, 0.5) is 13.9 Å². The van der Waals surface area contributed by atoms with Crippen molar-refractivity contribution >= 4 is 45.9 Å². The lowest BCUT2D eigenvalue weighted by Gasteiger charge is -2.13. The summed E-state index contributed by atoms with van der Waals surface area (Å²) in [5.41, 5.74) is 1.75. The van der Waals surface area contributed by atoms with Crippen LogP contribution < -0.4 is 9.46 Å². The van der Waals surface area contributed by atoms with Crippen molar-refractivity contribution in [2.45, 2.75) is 4.90 Å². The molecule has 0 aliphatic carbocycles. The van der Waals surface area contributed by atoms with E-state index < -0.39 is 11.6 Å². The molecule has 0 saturated heterocycles. The number of halogens is 3. The molecule has 3 aromatic heterocycles. The number of aromatic nitrogens is 5. The monoisotopic (exact) mass is 488 g/mol. The average Bonchev–Trinajstić information content (AvgIpc) is 3.46. The molecular formula is C20H11ClF2N6OS2. The van der Waals surface area contributed by atoms with Crippen molar-refractivity contribution in [3.05, 3.63) is 78.0 Å². The number of nitrogens with one attached hydrogen (secondary N) is 1. The first-order valence-electron chi connectivity index (χ1n) is 9.03. The standard InChI is InChI=1S/C20H11ClF2N6OS2/c21-11-2-3-16(12(6-11)13-9-26-29-5-1-4-24-19(13)29)30-17-7-15(23)18(8-14(17)22)31-28-20-25-10-27-32-20/h1-10H,(H,25,27,28). The zero-order chi connectivity index (χ0) is 22.1. The Kier molecular flexibility index (Phi) is 5.60. The normalized spacial score (nSPS) is 11.1. The lowest BCUT2D eigenvalue weighted by Crippen LogP contribution is -1.96. The Morgan fingerprint density at radius 3 is 2.81 bits per heavy atom. The van der Waals surface area contributed by atoms with Gasteiger partial charge in [0, 0.05) is 40.6 Å². The molecule has 12 heteroatoms. The first-order chi connectivity index (χ1) is 15.6. The lowest BCUT2D eigenvalue weighted by atomic mass is 10.1. The summed E-state index contributed by atoms with van der Waals surface area (Å²) in [5.74, 6) is -1.38. The summed E-state index contributed by atoms with van der Waals surface area (Å²) in [6, 6.07) is 8.64. The molecule has 5 rings (SSSR count). The van der Waals surface area contributed by atoms with Crippen molar-refractivity contribution in [2.24, 2.45) is 0 Å². The SMILES string of the molecule is Fc1cc(SNc2ncns2)c(F)cc1Oc1ccc(Cl)cc1-c1cnn2cccnc12. The van der Waals surface area contributed by atoms with Crippen LogP contribution >= 0.6 is 35.1 Å². The Bertz CT molecular complexity index is 1410. The van der Waals surface area contributed by atoms with E-state index in [0.717, 1.165) is 35.6 Å². The van der Waals surface area contributed by atoms with E-state index in [0.29, 0.717) is 26.9 Å². The van der Waals surface area contributed by atoms with E-state index in [2.05, 4.69) is 24.2 Å². The van der Waals surface area contributed by atoms with Gasteiger partial charge in [-0.3, -0.25) is 0 Å². The first kappa shape index (κ1) is 20.6. The largest absolute Gasteiger partial charge is 0.454 e. The molecule has 2 aromatic carbocycles. The molecule has 0 saturated carbocycles. The van der Waals surface area contributed by atoms with E-state index in [1.54, 1.807) is 47.4 Å². The van der Waals surface area contributed by atoms with Gasteiger partial charge in [0.2, 0.25) is 5.13 Å². The molecule has 0 radical (unpaired) electrons. The molecule has 0 aliphatic rings. The first-order valence-corrected chi connectivity index (χ1v) is 11.0. The summed E-state index contributed by atoms with van der Waals surface area (Å²) in [6.07, 6.45) is 6.35. The Morgan fingerprint density at radius 1 is 1.06 bits per heavy atom. The third-order valence-electron chi connectivity index (χ3n) is 4.33. The molecule has 0 fully saturated rings. The van der Waals surface area contributed by atoms with Crippen molar-refractivity contribution in [2.75, 3.05) is 4.72 Å². The van der Waals surface area contributed by atoms with Crippen LogP contribution in [0.15, 0.2) is 66.2 Å². The van der Waals surface area contributed by atoms with Crippen LogP contribution in [0.5, 0.6) is 11.5 Å². The van der Waals surface area contributed by atoms with Crippen molar-refractivity contribution in [3.8, 4) is 22.6 Å². The van der Waals surface area contributed by atoms with Crippen molar-refractivity contribution in [1.29, 1.82) is 0 Å². The summed E-state index contributed by atoms with van der Waals surface area (Å²) in [7, 11) is 0. The van der Waals surface area contributed by atoms with Crippen LogP contribution in [0.3, 0.4) is 0 Å². The van der Waals surface area contributed by atoms with Crippen LogP contribution in [0.25, 0.3) is 16.8 Å². The summed E-state index contributed by atoms with van der Waals surface area (Å²) in [6.45, 7) is 0. The predicted molar refractivity (Wildman–Crippen MR) is 119 cm³/mol. The molecule has 0 aliphatic heterocycles. The minimum atomic E-state index is -0.730. The summed E-state index contributed by atoms with van der Waals surface area (Å²) < 4.78 is 43.4. The van der Waals surface area contributed by atoms with Gasteiger partial charge < -0.3 is 9.46 Å². The van der Waals surface area contributed by atoms with Gasteiger partial charge in [-0.2, -0.15) is 9.47 Å². The maximum absolute atomic E-state index is 14.8. The minimum absolute atomic E-state index is 0.0493. The molecule has 32 heavy (non-hydrogen) atoms. The molecule has 7 nitrogen and oxygen atoms in total. The molecule has 3 heterocycles. The molecule has 160 valence electrons. The fourth-order valence-electron chi connectivity index (χ4n) is 2.92. The molecule has 0 bridgehead atoms. The maximum Gasteiger partial charge on any atom is 0.212 e. The van der Waals surface area contributed by atoms with E-state index in [9.17, 15) is 8.78 Å². The second-order valence-electron chi connectivity index (χ2n) is 6.35. The fourth-order valence-corrected chi connectivity index (χ4v) is 4.22. The second kappa shape index (κ2) is 8.69. The average molecular weight is 489 g/mol. The van der Waals surface area contributed by atoms with Crippen LogP contribution in [0.2, 0.25) is 5.02 Å². The van der Waals surface area contributed by atoms with Crippen LogP contribution in [-0.4, -0.2) is 24.0 Å². The minimum Gasteiger partial charge on any atom is -0.454 e. The molecule has 0 atom stereocenters.